The SMILES string of the molecule is COCc1ccccc1NC(N)=NCC(C)Oc1ccccc1OC. The summed E-state index contributed by atoms with van der Waals surface area (Å²) in [6.07, 6.45) is -0.147. The molecule has 0 aliphatic heterocycles. The monoisotopic (exact) mass is 343 g/mol. The Bertz CT molecular complexity index is 704. The van der Waals surface area contributed by atoms with E-state index in [1.54, 1.807) is 14.2 Å². The van der Waals surface area contributed by atoms with E-state index in [9.17, 15) is 0 Å². The van der Waals surface area contributed by atoms with E-state index in [2.05, 4.69) is 10.3 Å². The summed E-state index contributed by atoms with van der Waals surface area (Å²) >= 11 is 0. The van der Waals surface area contributed by atoms with Crippen molar-refractivity contribution in [3.8, 4) is 11.5 Å². The van der Waals surface area contributed by atoms with Gasteiger partial charge in [0.2, 0.25) is 0 Å². The first kappa shape index (κ1) is 18.6. The highest BCUT2D eigenvalue weighted by Crippen LogP contribution is 2.26. The van der Waals surface area contributed by atoms with Crippen molar-refractivity contribution >= 4 is 11.6 Å². The van der Waals surface area contributed by atoms with Crippen LogP contribution in [-0.2, 0) is 11.3 Å². The average molecular weight is 343 g/mol. The second kappa shape index (κ2) is 9.54. The van der Waals surface area contributed by atoms with Gasteiger partial charge in [0.1, 0.15) is 6.10 Å². The summed E-state index contributed by atoms with van der Waals surface area (Å²) < 4.78 is 16.3. The lowest BCUT2D eigenvalue weighted by Gasteiger charge is -2.16. The molecule has 0 spiro atoms. The van der Waals surface area contributed by atoms with Crippen LogP contribution in [0.5, 0.6) is 11.5 Å². The summed E-state index contributed by atoms with van der Waals surface area (Å²) in [4.78, 5) is 4.35. The maximum atomic E-state index is 5.99. The summed E-state index contributed by atoms with van der Waals surface area (Å²) in [6.45, 7) is 2.86. The van der Waals surface area contributed by atoms with Crippen molar-refractivity contribution in [3.05, 3.63) is 54.1 Å². The molecule has 0 saturated heterocycles. The normalized spacial score (nSPS) is 12.5. The van der Waals surface area contributed by atoms with Crippen LogP contribution in [0.4, 0.5) is 5.69 Å². The number of nitrogens with one attached hydrogen (secondary N) is 1. The summed E-state index contributed by atoms with van der Waals surface area (Å²) in [5.41, 5.74) is 7.88. The zero-order chi connectivity index (χ0) is 18.1. The van der Waals surface area contributed by atoms with Crippen LogP contribution in [0.3, 0.4) is 0 Å². The van der Waals surface area contributed by atoms with Crippen molar-refractivity contribution in [2.24, 2.45) is 10.7 Å². The number of methoxy groups -OCH3 is 2. The van der Waals surface area contributed by atoms with Crippen LogP contribution in [0, 0.1) is 0 Å². The van der Waals surface area contributed by atoms with Gasteiger partial charge in [0.15, 0.2) is 17.5 Å². The molecular weight excluding hydrogens is 318 g/mol. The van der Waals surface area contributed by atoms with Crippen LogP contribution in [0.25, 0.3) is 0 Å². The molecule has 6 heteroatoms. The van der Waals surface area contributed by atoms with Gasteiger partial charge in [-0.05, 0) is 25.1 Å². The lowest BCUT2D eigenvalue weighted by atomic mass is 10.2. The molecule has 3 N–H and O–H groups in total. The highest BCUT2D eigenvalue weighted by atomic mass is 16.5. The van der Waals surface area contributed by atoms with E-state index in [0.29, 0.717) is 30.6 Å². The molecule has 0 saturated carbocycles. The predicted octanol–water partition coefficient (Wildman–Crippen LogP) is 3.04. The minimum Gasteiger partial charge on any atom is -0.493 e. The largest absolute Gasteiger partial charge is 0.493 e. The molecular formula is C19H25N3O3. The number of guanidine groups is 1. The fraction of sp³-hybridized carbons (Fsp3) is 0.316. The van der Waals surface area contributed by atoms with Crippen LogP contribution in [-0.4, -0.2) is 32.8 Å². The first-order valence-electron chi connectivity index (χ1n) is 8.07. The molecule has 2 rings (SSSR count). The van der Waals surface area contributed by atoms with Gasteiger partial charge in [0.25, 0.3) is 0 Å². The van der Waals surface area contributed by atoms with Crippen molar-refractivity contribution in [1.82, 2.24) is 0 Å². The Morgan fingerprint density at radius 3 is 2.48 bits per heavy atom. The summed E-state index contributed by atoms with van der Waals surface area (Å²) in [5.74, 6) is 1.71. The van der Waals surface area contributed by atoms with Crippen LogP contribution in [0.1, 0.15) is 12.5 Å². The highest BCUT2D eigenvalue weighted by Gasteiger charge is 2.08. The standard InChI is InChI=1S/C19H25N3O3/c1-14(25-18-11-7-6-10-17(18)24-3)12-21-19(20)22-16-9-5-4-8-15(16)13-23-2/h4-11,14H,12-13H2,1-3H3,(H3,20,21,22). The number of nitrogens with zero attached hydrogens (tertiary/aromatic N) is 1. The van der Waals surface area contributed by atoms with Gasteiger partial charge in [0.05, 0.1) is 20.3 Å². The molecule has 1 unspecified atom stereocenters. The molecule has 0 radical (unpaired) electrons. The fourth-order valence-electron chi connectivity index (χ4n) is 2.30. The molecule has 1 atom stereocenters. The maximum Gasteiger partial charge on any atom is 0.193 e. The van der Waals surface area contributed by atoms with E-state index in [1.807, 2.05) is 55.5 Å². The number of benzene rings is 2. The number of anilines is 1. The van der Waals surface area contributed by atoms with E-state index in [-0.39, 0.29) is 6.10 Å². The molecule has 2 aromatic carbocycles. The summed E-state index contributed by atoms with van der Waals surface area (Å²) in [6, 6.07) is 15.3. The van der Waals surface area contributed by atoms with Gasteiger partial charge < -0.3 is 25.3 Å². The molecule has 134 valence electrons. The Labute approximate surface area is 148 Å². The van der Waals surface area contributed by atoms with E-state index in [1.165, 1.54) is 0 Å². The second-order valence-corrected chi connectivity index (χ2v) is 5.52. The zero-order valence-corrected chi connectivity index (χ0v) is 14.9. The molecule has 0 aliphatic rings. The number of para-hydroxylation sites is 3. The van der Waals surface area contributed by atoms with Gasteiger partial charge >= 0.3 is 0 Å². The number of ether oxygens (including phenoxy) is 3. The van der Waals surface area contributed by atoms with Gasteiger partial charge in [-0.25, -0.2) is 4.99 Å². The smallest absolute Gasteiger partial charge is 0.193 e. The van der Waals surface area contributed by atoms with Crippen LogP contribution in [0.2, 0.25) is 0 Å². The Hall–Kier alpha value is -2.73. The molecule has 6 nitrogen and oxygen atoms in total. The van der Waals surface area contributed by atoms with E-state index >= 15 is 0 Å². The van der Waals surface area contributed by atoms with Crippen LogP contribution in [0.15, 0.2) is 53.5 Å². The van der Waals surface area contributed by atoms with Crippen molar-refractivity contribution in [2.45, 2.75) is 19.6 Å². The van der Waals surface area contributed by atoms with Gasteiger partial charge in [-0.2, -0.15) is 0 Å². The van der Waals surface area contributed by atoms with Gasteiger partial charge in [0, 0.05) is 18.4 Å². The molecule has 0 bridgehead atoms. The van der Waals surface area contributed by atoms with Crippen LogP contribution < -0.4 is 20.5 Å². The Kier molecular flexibility index (Phi) is 7.10. The second-order valence-electron chi connectivity index (χ2n) is 5.52. The average Bonchev–Trinajstić information content (AvgIpc) is 2.62. The Morgan fingerprint density at radius 1 is 1.08 bits per heavy atom. The van der Waals surface area contributed by atoms with Crippen molar-refractivity contribution in [2.75, 3.05) is 26.1 Å². The minimum atomic E-state index is -0.147. The molecule has 25 heavy (non-hydrogen) atoms. The number of nitrogens with two attached hydrogens (primary N) is 1. The molecule has 0 heterocycles. The highest BCUT2D eigenvalue weighted by molar-refractivity contribution is 5.92. The number of hydrogen-bond acceptors (Lipinski definition) is 4. The molecule has 0 amide bonds. The Balaban J connectivity index is 1.94. The van der Waals surface area contributed by atoms with Crippen molar-refractivity contribution in [3.63, 3.8) is 0 Å². The van der Waals surface area contributed by atoms with Crippen LogP contribution >= 0.6 is 0 Å². The fourth-order valence-corrected chi connectivity index (χ4v) is 2.30. The third-order valence-electron chi connectivity index (χ3n) is 3.50. The third-order valence-corrected chi connectivity index (χ3v) is 3.50. The number of rotatable bonds is 8. The maximum absolute atomic E-state index is 5.99. The molecule has 2 aromatic rings. The lowest BCUT2D eigenvalue weighted by Crippen LogP contribution is -2.26. The van der Waals surface area contributed by atoms with Gasteiger partial charge in [-0.1, -0.05) is 30.3 Å². The first-order chi connectivity index (χ1) is 12.1. The lowest BCUT2D eigenvalue weighted by molar-refractivity contribution is 0.185. The summed E-state index contributed by atoms with van der Waals surface area (Å²) in [7, 11) is 3.27. The first-order valence-corrected chi connectivity index (χ1v) is 8.07. The predicted molar refractivity (Wildman–Crippen MR) is 100 cm³/mol. The van der Waals surface area contributed by atoms with E-state index < -0.39 is 0 Å². The topological polar surface area (TPSA) is 78.1 Å². The van der Waals surface area contributed by atoms with Crippen molar-refractivity contribution in [1.29, 1.82) is 0 Å². The van der Waals surface area contributed by atoms with E-state index in [0.717, 1.165) is 11.3 Å². The zero-order valence-electron chi connectivity index (χ0n) is 14.9. The number of aliphatic imine (C=N–C) groups is 1. The number of hydrogen-bond donors (Lipinski definition) is 2. The van der Waals surface area contributed by atoms with E-state index in [4.69, 9.17) is 19.9 Å². The molecule has 0 aromatic heterocycles. The third kappa shape index (κ3) is 5.69. The van der Waals surface area contributed by atoms with Gasteiger partial charge in [-0.15, -0.1) is 0 Å². The van der Waals surface area contributed by atoms with Gasteiger partial charge in [-0.3, -0.25) is 0 Å². The quantitative estimate of drug-likeness (QED) is 0.569. The molecule has 0 aliphatic carbocycles. The Morgan fingerprint density at radius 2 is 1.76 bits per heavy atom. The minimum absolute atomic E-state index is 0.147. The molecule has 0 fully saturated rings. The summed E-state index contributed by atoms with van der Waals surface area (Å²) in [5, 5.41) is 3.10. The van der Waals surface area contributed by atoms with Crippen molar-refractivity contribution < 1.29 is 14.2 Å².